The first-order chi connectivity index (χ1) is 6.75. The van der Waals surface area contributed by atoms with Gasteiger partial charge in [-0.05, 0) is 30.4 Å². The molecule has 1 aromatic rings. The number of hydrogen-bond donors (Lipinski definition) is 1. The molecule has 0 aromatic carbocycles. The van der Waals surface area contributed by atoms with Crippen molar-refractivity contribution in [2.75, 3.05) is 6.54 Å². The molecule has 1 amide bonds. The van der Waals surface area contributed by atoms with Crippen LogP contribution in [-0.4, -0.2) is 12.5 Å². The van der Waals surface area contributed by atoms with Crippen LogP contribution in [0, 0.1) is 19.3 Å². The van der Waals surface area contributed by atoms with Crippen molar-refractivity contribution >= 4 is 17.2 Å². The fourth-order valence-electron chi connectivity index (χ4n) is 1.08. The first-order valence-electron chi connectivity index (χ1n) is 4.51. The average Bonchev–Trinajstić information content (AvgIpc) is 2.59. The second-order valence-electron chi connectivity index (χ2n) is 3.00. The Morgan fingerprint density at radius 1 is 1.71 bits per heavy atom. The predicted molar refractivity (Wildman–Crippen MR) is 59.5 cm³/mol. The van der Waals surface area contributed by atoms with Gasteiger partial charge in [0.05, 0.1) is 4.88 Å². The van der Waals surface area contributed by atoms with Crippen molar-refractivity contribution in [3.8, 4) is 12.3 Å². The number of aryl methyl sites for hydroxylation is 1. The minimum Gasteiger partial charge on any atom is -0.351 e. The van der Waals surface area contributed by atoms with Crippen LogP contribution in [-0.2, 0) is 0 Å². The molecule has 0 spiro atoms. The molecule has 0 unspecified atom stereocenters. The molecule has 0 bridgehead atoms. The van der Waals surface area contributed by atoms with E-state index in [2.05, 4.69) is 11.2 Å². The monoisotopic (exact) mass is 207 g/mol. The van der Waals surface area contributed by atoms with Crippen LogP contribution in [0.2, 0.25) is 0 Å². The largest absolute Gasteiger partial charge is 0.351 e. The van der Waals surface area contributed by atoms with Crippen LogP contribution in [0.4, 0.5) is 0 Å². The summed E-state index contributed by atoms with van der Waals surface area (Å²) in [5.74, 6) is 2.55. The number of carbonyl (C=O) groups is 1. The van der Waals surface area contributed by atoms with Gasteiger partial charge < -0.3 is 5.32 Å². The summed E-state index contributed by atoms with van der Waals surface area (Å²) in [6.45, 7) is 2.59. The Morgan fingerprint density at radius 3 is 3.07 bits per heavy atom. The molecule has 0 aliphatic carbocycles. The molecule has 0 radical (unpaired) electrons. The van der Waals surface area contributed by atoms with Gasteiger partial charge in [0, 0.05) is 13.0 Å². The van der Waals surface area contributed by atoms with Crippen LogP contribution < -0.4 is 5.32 Å². The lowest BCUT2D eigenvalue weighted by Gasteiger charge is -2.02. The molecular weight excluding hydrogens is 194 g/mol. The number of carbonyl (C=O) groups excluding carboxylic acids is 1. The lowest BCUT2D eigenvalue weighted by Crippen LogP contribution is -2.23. The zero-order chi connectivity index (χ0) is 10.4. The Labute approximate surface area is 88.3 Å². The van der Waals surface area contributed by atoms with Crippen molar-refractivity contribution in [1.82, 2.24) is 5.32 Å². The fraction of sp³-hybridized carbons (Fsp3) is 0.364. The predicted octanol–water partition coefficient (Wildman–Crippen LogP) is 2.20. The van der Waals surface area contributed by atoms with Gasteiger partial charge >= 0.3 is 0 Å². The van der Waals surface area contributed by atoms with Gasteiger partial charge in [0.25, 0.3) is 5.91 Å². The summed E-state index contributed by atoms with van der Waals surface area (Å²) in [4.78, 5) is 12.3. The van der Waals surface area contributed by atoms with Gasteiger partial charge in [0.15, 0.2) is 0 Å². The number of unbranched alkanes of at least 4 members (excludes halogenated alkanes) is 1. The number of amides is 1. The number of rotatable bonds is 4. The zero-order valence-corrected chi connectivity index (χ0v) is 8.99. The molecule has 0 saturated heterocycles. The molecule has 1 rings (SSSR count). The van der Waals surface area contributed by atoms with Gasteiger partial charge in [-0.3, -0.25) is 4.79 Å². The molecule has 3 heteroatoms. The van der Waals surface area contributed by atoms with Crippen molar-refractivity contribution in [3.05, 3.63) is 21.9 Å². The first kappa shape index (κ1) is 10.8. The maximum atomic E-state index is 11.5. The fourth-order valence-corrected chi connectivity index (χ4v) is 1.92. The van der Waals surface area contributed by atoms with Crippen LogP contribution in [0.1, 0.15) is 28.1 Å². The van der Waals surface area contributed by atoms with Gasteiger partial charge in [0.1, 0.15) is 0 Å². The van der Waals surface area contributed by atoms with E-state index in [4.69, 9.17) is 6.42 Å². The van der Waals surface area contributed by atoms with E-state index in [1.807, 2.05) is 18.4 Å². The molecular formula is C11H13NOS. The van der Waals surface area contributed by atoms with Gasteiger partial charge in [-0.15, -0.1) is 23.7 Å². The molecule has 0 saturated carbocycles. The van der Waals surface area contributed by atoms with Crippen LogP contribution in [0.25, 0.3) is 0 Å². The highest BCUT2D eigenvalue weighted by Crippen LogP contribution is 2.14. The summed E-state index contributed by atoms with van der Waals surface area (Å²) in [5.41, 5.74) is 1.03. The molecule has 0 atom stereocenters. The van der Waals surface area contributed by atoms with Crippen LogP contribution in [0.3, 0.4) is 0 Å². The van der Waals surface area contributed by atoms with Gasteiger partial charge in [-0.2, -0.15) is 0 Å². The van der Waals surface area contributed by atoms with E-state index in [1.54, 1.807) is 0 Å². The quantitative estimate of drug-likeness (QED) is 0.595. The molecule has 0 fully saturated rings. The third-order valence-corrected chi connectivity index (χ3v) is 2.87. The highest BCUT2D eigenvalue weighted by atomic mass is 32.1. The first-order valence-corrected chi connectivity index (χ1v) is 5.39. The summed E-state index contributed by atoms with van der Waals surface area (Å²) in [6.07, 6.45) is 6.66. The third-order valence-electron chi connectivity index (χ3n) is 1.85. The Kier molecular flexibility index (Phi) is 4.21. The molecule has 2 nitrogen and oxygen atoms in total. The maximum absolute atomic E-state index is 11.5. The van der Waals surface area contributed by atoms with Crippen molar-refractivity contribution in [1.29, 1.82) is 0 Å². The van der Waals surface area contributed by atoms with Gasteiger partial charge in [-0.25, -0.2) is 0 Å². The maximum Gasteiger partial charge on any atom is 0.261 e. The number of nitrogens with one attached hydrogen (secondary N) is 1. The highest BCUT2D eigenvalue weighted by Gasteiger charge is 2.08. The molecule has 0 aliphatic rings. The lowest BCUT2D eigenvalue weighted by atomic mass is 10.2. The number of hydrogen-bond acceptors (Lipinski definition) is 2. The van der Waals surface area contributed by atoms with E-state index < -0.39 is 0 Å². The van der Waals surface area contributed by atoms with Crippen molar-refractivity contribution in [2.24, 2.45) is 0 Å². The van der Waals surface area contributed by atoms with Crippen molar-refractivity contribution in [3.63, 3.8) is 0 Å². The van der Waals surface area contributed by atoms with E-state index in [0.29, 0.717) is 13.0 Å². The molecule has 1 N–H and O–H groups in total. The Morgan fingerprint density at radius 2 is 2.50 bits per heavy atom. The van der Waals surface area contributed by atoms with E-state index in [0.717, 1.165) is 16.9 Å². The summed E-state index contributed by atoms with van der Waals surface area (Å²) in [7, 11) is 0. The van der Waals surface area contributed by atoms with E-state index >= 15 is 0 Å². The number of terminal acetylenes is 1. The second kappa shape index (κ2) is 5.46. The van der Waals surface area contributed by atoms with Gasteiger partial charge in [-0.1, -0.05) is 0 Å². The minimum atomic E-state index is 0.00882. The standard InChI is InChI=1S/C11H13NOS/c1-3-4-5-7-12-11(13)10-9(2)6-8-14-10/h1,6,8H,4-5,7H2,2H3,(H,12,13). The van der Waals surface area contributed by atoms with Gasteiger partial charge in [0.2, 0.25) is 0 Å². The summed E-state index contributed by atoms with van der Waals surface area (Å²) < 4.78 is 0. The van der Waals surface area contributed by atoms with E-state index in [1.165, 1.54) is 11.3 Å². The molecule has 14 heavy (non-hydrogen) atoms. The minimum absolute atomic E-state index is 0.00882. The Bertz CT molecular complexity index is 348. The van der Waals surface area contributed by atoms with Crippen LogP contribution in [0.5, 0.6) is 0 Å². The van der Waals surface area contributed by atoms with Crippen molar-refractivity contribution < 1.29 is 4.79 Å². The third kappa shape index (κ3) is 2.90. The topological polar surface area (TPSA) is 29.1 Å². The summed E-state index contributed by atoms with van der Waals surface area (Å²) >= 11 is 1.47. The molecule has 1 heterocycles. The molecule has 0 aliphatic heterocycles. The smallest absolute Gasteiger partial charge is 0.261 e. The second-order valence-corrected chi connectivity index (χ2v) is 3.91. The normalized spacial score (nSPS) is 9.43. The van der Waals surface area contributed by atoms with Crippen molar-refractivity contribution in [2.45, 2.75) is 19.8 Å². The Balaban J connectivity index is 2.37. The van der Waals surface area contributed by atoms with E-state index in [9.17, 15) is 4.79 Å². The zero-order valence-electron chi connectivity index (χ0n) is 8.17. The Hall–Kier alpha value is -1.27. The van der Waals surface area contributed by atoms with Crippen LogP contribution in [0.15, 0.2) is 11.4 Å². The molecule has 74 valence electrons. The van der Waals surface area contributed by atoms with Crippen LogP contribution >= 0.6 is 11.3 Å². The lowest BCUT2D eigenvalue weighted by molar-refractivity contribution is 0.0957. The summed E-state index contributed by atoms with van der Waals surface area (Å²) in [6, 6.07) is 1.95. The average molecular weight is 207 g/mol. The highest BCUT2D eigenvalue weighted by molar-refractivity contribution is 7.12. The number of thiophene rings is 1. The van der Waals surface area contributed by atoms with E-state index in [-0.39, 0.29) is 5.91 Å². The molecule has 1 aromatic heterocycles. The SMILES string of the molecule is C#CCCCNC(=O)c1sccc1C. The summed E-state index contributed by atoms with van der Waals surface area (Å²) in [5, 5.41) is 4.76.